The number of carbonyl (C=O) groups excluding carboxylic acids is 1. The van der Waals surface area contributed by atoms with E-state index >= 15 is 0 Å². The number of benzene rings is 1. The Labute approximate surface area is 115 Å². The van der Waals surface area contributed by atoms with Gasteiger partial charge in [-0.25, -0.2) is 8.78 Å². The van der Waals surface area contributed by atoms with Crippen LogP contribution < -0.4 is 10.6 Å². The van der Waals surface area contributed by atoms with Crippen molar-refractivity contribution >= 4 is 17.6 Å². The highest BCUT2D eigenvalue weighted by Crippen LogP contribution is 2.12. The van der Waals surface area contributed by atoms with Crippen molar-refractivity contribution in [3.05, 3.63) is 29.8 Å². The predicted octanol–water partition coefficient (Wildman–Crippen LogP) is 1.75. The van der Waals surface area contributed by atoms with E-state index in [4.69, 9.17) is 5.11 Å². The van der Waals surface area contributed by atoms with Gasteiger partial charge in [-0.2, -0.15) is 0 Å². The predicted molar refractivity (Wildman–Crippen MR) is 69.3 cm³/mol. The topological polar surface area (TPSA) is 78.4 Å². The molecule has 7 heteroatoms. The summed E-state index contributed by atoms with van der Waals surface area (Å²) < 4.78 is 25.6. The molecule has 0 fully saturated rings. The number of carboxylic acids is 1. The Hall–Kier alpha value is -2.02. The Morgan fingerprint density at radius 3 is 2.55 bits per heavy atom. The summed E-state index contributed by atoms with van der Waals surface area (Å²) in [5.41, 5.74) is 0.109. The highest BCUT2D eigenvalue weighted by atomic mass is 19.2. The summed E-state index contributed by atoms with van der Waals surface area (Å²) in [5.74, 6) is -3.63. The van der Waals surface area contributed by atoms with E-state index < -0.39 is 29.6 Å². The number of halogens is 2. The maximum absolute atomic E-state index is 12.9. The third-order valence-electron chi connectivity index (χ3n) is 2.59. The lowest BCUT2D eigenvalue weighted by molar-refractivity contribution is -0.139. The minimum Gasteiger partial charge on any atom is -0.480 e. The Balaban J connectivity index is 2.50. The first-order chi connectivity index (χ1) is 9.43. The molecule has 0 saturated carbocycles. The van der Waals surface area contributed by atoms with Crippen LogP contribution in [0.15, 0.2) is 18.2 Å². The van der Waals surface area contributed by atoms with Crippen LogP contribution in [-0.4, -0.2) is 29.6 Å². The number of nitrogens with one attached hydrogen (secondary N) is 2. The fourth-order valence-corrected chi connectivity index (χ4v) is 1.60. The van der Waals surface area contributed by atoms with Gasteiger partial charge in [0.1, 0.15) is 6.04 Å². The van der Waals surface area contributed by atoms with Crippen LogP contribution in [0.3, 0.4) is 0 Å². The zero-order valence-corrected chi connectivity index (χ0v) is 11.0. The highest BCUT2D eigenvalue weighted by Gasteiger charge is 2.16. The monoisotopic (exact) mass is 286 g/mol. The molecule has 0 heterocycles. The molecule has 0 bridgehead atoms. The normalized spacial score (nSPS) is 11.9. The van der Waals surface area contributed by atoms with E-state index in [0.29, 0.717) is 12.8 Å². The van der Waals surface area contributed by atoms with E-state index in [1.807, 2.05) is 6.92 Å². The molecule has 1 amide bonds. The molecule has 3 N–H and O–H groups in total. The number of anilines is 1. The van der Waals surface area contributed by atoms with Crippen molar-refractivity contribution in [3.63, 3.8) is 0 Å². The Kier molecular flexibility index (Phi) is 6.05. The van der Waals surface area contributed by atoms with Gasteiger partial charge in [0.15, 0.2) is 11.6 Å². The van der Waals surface area contributed by atoms with Gasteiger partial charge in [0, 0.05) is 11.8 Å². The minimum atomic E-state index is -1.06. The molecule has 0 radical (unpaired) electrons. The number of aliphatic carboxylic acids is 1. The molecular weight excluding hydrogens is 270 g/mol. The van der Waals surface area contributed by atoms with E-state index in [-0.39, 0.29) is 12.2 Å². The van der Waals surface area contributed by atoms with Crippen LogP contribution in [-0.2, 0) is 9.59 Å². The van der Waals surface area contributed by atoms with Crippen LogP contribution in [0.1, 0.15) is 19.8 Å². The summed E-state index contributed by atoms with van der Waals surface area (Å²) >= 11 is 0. The van der Waals surface area contributed by atoms with Crippen molar-refractivity contribution in [1.29, 1.82) is 0 Å². The maximum atomic E-state index is 12.9. The number of amides is 1. The molecule has 0 aromatic heterocycles. The lowest BCUT2D eigenvalue weighted by atomic mass is 10.2. The first-order valence-corrected chi connectivity index (χ1v) is 6.15. The first-order valence-electron chi connectivity index (χ1n) is 6.15. The van der Waals surface area contributed by atoms with Gasteiger partial charge >= 0.3 is 5.97 Å². The molecule has 0 aliphatic rings. The molecular formula is C13H16F2N2O3. The second-order valence-electron chi connectivity index (χ2n) is 4.24. The van der Waals surface area contributed by atoms with Crippen molar-refractivity contribution < 1.29 is 23.5 Å². The van der Waals surface area contributed by atoms with Crippen molar-refractivity contribution in [2.45, 2.75) is 25.8 Å². The van der Waals surface area contributed by atoms with Gasteiger partial charge in [0.05, 0.1) is 6.54 Å². The fraction of sp³-hybridized carbons (Fsp3) is 0.385. The second kappa shape index (κ2) is 7.54. The van der Waals surface area contributed by atoms with Crippen molar-refractivity contribution in [1.82, 2.24) is 5.32 Å². The molecule has 1 rings (SSSR count). The van der Waals surface area contributed by atoms with E-state index in [1.165, 1.54) is 6.07 Å². The van der Waals surface area contributed by atoms with Crippen LogP contribution in [0.25, 0.3) is 0 Å². The maximum Gasteiger partial charge on any atom is 0.320 e. The number of hydrogen-bond donors (Lipinski definition) is 3. The molecule has 5 nitrogen and oxygen atoms in total. The highest BCUT2D eigenvalue weighted by molar-refractivity contribution is 5.92. The Morgan fingerprint density at radius 1 is 1.30 bits per heavy atom. The average molecular weight is 286 g/mol. The molecule has 1 aromatic rings. The average Bonchev–Trinajstić information content (AvgIpc) is 2.38. The van der Waals surface area contributed by atoms with Crippen LogP contribution in [0.4, 0.5) is 14.5 Å². The van der Waals surface area contributed by atoms with Gasteiger partial charge in [-0.05, 0) is 18.6 Å². The SMILES string of the molecule is CCCC(NCC(=O)Nc1ccc(F)c(F)c1)C(=O)O. The first kappa shape index (κ1) is 16.0. The quantitative estimate of drug-likeness (QED) is 0.713. The molecule has 20 heavy (non-hydrogen) atoms. The summed E-state index contributed by atoms with van der Waals surface area (Å²) in [7, 11) is 0. The molecule has 0 aliphatic carbocycles. The van der Waals surface area contributed by atoms with Gasteiger partial charge in [0.2, 0.25) is 5.91 Å². The Bertz CT molecular complexity index is 495. The number of rotatable bonds is 7. The number of carbonyl (C=O) groups is 2. The second-order valence-corrected chi connectivity index (χ2v) is 4.24. The van der Waals surface area contributed by atoms with Crippen LogP contribution in [0.5, 0.6) is 0 Å². The van der Waals surface area contributed by atoms with Gasteiger partial charge in [-0.15, -0.1) is 0 Å². The largest absolute Gasteiger partial charge is 0.480 e. The number of carboxylic acid groups (broad SMARTS) is 1. The summed E-state index contributed by atoms with van der Waals surface area (Å²) in [4.78, 5) is 22.4. The summed E-state index contributed by atoms with van der Waals surface area (Å²) in [5, 5.41) is 13.8. The van der Waals surface area contributed by atoms with Crippen molar-refractivity contribution in [3.8, 4) is 0 Å². The number of hydrogen-bond acceptors (Lipinski definition) is 3. The van der Waals surface area contributed by atoms with Gasteiger partial charge in [-0.3, -0.25) is 14.9 Å². The van der Waals surface area contributed by atoms with Crippen LogP contribution in [0.2, 0.25) is 0 Å². The van der Waals surface area contributed by atoms with Crippen molar-refractivity contribution in [2.24, 2.45) is 0 Å². The minimum absolute atomic E-state index is 0.109. The van der Waals surface area contributed by atoms with E-state index in [0.717, 1.165) is 12.1 Å². The van der Waals surface area contributed by atoms with Gasteiger partial charge in [0.25, 0.3) is 0 Å². The molecule has 1 unspecified atom stereocenters. The molecule has 1 atom stereocenters. The standard InChI is InChI=1S/C13H16F2N2O3/c1-2-3-11(13(19)20)16-7-12(18)17-8-4-5-9(14)10(15)6-8/h4-6,11,16H,2-3,7H2,1H3,(H,17,18)(H,19,20). The van der Waals surface area contributed by atoms with E-state index in [1.54, 1.807) is 0 Å². The third-order valence-corrected chi connectivity index (χ3v) is 2.59. The molecule has 0 spiro atoms. The zero-order chi connectivity index (χ0) is 15.1. The lowest BCUT2D eigenvalue weighted by Crippen LogP contribution is -2.41. The van der Waals surface area contributed by atoms with Gasteiger partial charge in [-0.1, -0.05) is 13.3 Å². The smallest absolute Gasteiger partial charge is 0.320 e. The van der Waals surface area contributed by atoms with Crippen LogP contribution >= 0.6 is 0 Å². The summed E-state index contributed by atoms with van der Waals surface area (Å²) in [6, 6.07) is 2.16. The van der Waals surface area contributed by atoms with Crippen molar-refractivity contribution in [2.75, 3.05) is 11.9 Å². The third kappa shape index (κ3) is 4.93. The van der Waals surface area contributed by atoms with Gasteiger partial charge < -0.3 is 10.4 Å². The molecule has 0 saturated heterocycles. The van der Waals surface area contributed by atoms with E-state index in [9.17, 15) is 18.4 Å². The fourth-order valence-electron chi connectivity index (χ4n) is 1.60. The van der Waals surface area contributed by atoms with E-state index in [2.05, 4.69) is 10.6 Å². The Morgan fingerprint density at radius 2 is 2.00 bits per heavy atom. The summed E-state index contributed by atoms with van der Waals surface area (Å²) in [6.07, 6.45) is 1.06. The molecule has 0 aliphatic heterocycles. The summed E-state index contributed by atoms with van der Waals surface area (Å²) in [6.45, 7) is 1.61. The molecule has 1 aromatic carbocycles. The lowest BCUT2D eigenvalue weighted by Gasteiger charge is -2.13. The molecule has 110 valence electrons. The van der Waals surface area contributed by atoms with Crippen LogP contribution in [0, 0.1) is 11.6 Å². The zero-order valence-electron chi connectivity index (χ0n) is 11.0.